The van der Waals surface area contributed by atoms with Crippen molar-refractivity contribution in [1.82, 2.24) is 48.0 Å². The van der Waals surface area contributed by atoms with Crippen LogP contribution in [0.3, 0.4) is 0 Å². The number of aryl methyl sites for hydroxylation is 3. The van der Waals surface area contributed by atoms with Crippen LogP contribution in [0.2, 0.25) is 0 Å². The number of likely N-dealkylation sites (tertiary alicyclic amines) is 2. The average Bonchev–Trinajstić information content (AvgIpc) is 4.22. The molecule has 0 unspecified atom stereocenters. The number of aromatic nitrogens is 8. The number of methoxy groups -OCH3 is 1. The van der Waals surface area contributed by atoms with Gasteiger partial charge in [-0.2, -0.15) is 0 Å². The molecule has 10 rings (SSSR count). The summed E-state index contributed by atoms with van der Waals surface area (Å²) < 4.78 is 20.3. The normalized spacial score (nSPS) is 17.9. The lowest BCUT2D eigenvalue weighted by molar-refractivity contribution is -0.128. The minimum absolute atomic E-state index is 0.00565. The largest absolute Gasteiger partial charge is 0.383 e. The molecule has 2 aromatic carbocycles. The third-order valence-electron chi connectivity index (χ3n) is 13.9. The van der Waals surface area contributed by atoms with Crippen LogP contribution in [0.5, 0.6) is 0 Å². The molecule has 0 aliphatic carbocycles. The Morgan fingerprint density at radius 3 is 1.86 bits per heavy atom. The summed E-state index contributed by atoms with van der Waals surface area (Å²) in [5.74, 6) is 15.7. The molecule has 6 aromatic heterocycles. The second kappa shape index (κ2) is 18.7. The molecule has 16 heteroatoms. The molecule has 2 aliphatic rings. The van der Waals surface area contributed by atoms with E-state index in [1.807, 2.05) is 91.6 Å². The Labute approximate surface area is 405 Å². The summed E-state index contributed by atoms with van der Waals surface area (Å²) >= 11 is 0. The average molecular weight is 935 g/mol. The summed E-state index contributed by atoms with van der Waals surface area (Å²) in [6.07, 6.45) is 11.5. The standard InChI is InChI=1S/C54H54N12O4/c1-7-49(67)65-29-39(25-41(65)31-69-6)63-27-37(51-46(63)17-19-57-53(51)55)13-9-35-12-16-45-44(23-35)60-34(4)62(45)21-22-70-32-42-26-40(30-66(42)50(68)8-2)64-28-38(52-47(64)18-20-58-54(52)56)14-10-36-11-15-43-48(24-36)61(5)33(3)59-43/h7-8,11-12,15-20,23-24,27-28,39-42H,1-2,21-22,25-26,29-32H2,3-6H3,(H2,55,57)(H2,56,58)/t39-,40-,41+,42+/m0/s1. The number of hydrogen-bond acceptors (Lipinski definition) is 10. The summed E-state index contributed by atoms with van der Waals surface area (Å²) in [6.45, 7) is 14.2. The van der Waals surface area contributed by atoms with Gasteiger partial charge in [-0.3, -0.25) is 9.59 Å². The molecule has 2 aliphatic heterocycles. The molecule has 354 valence electrons. The van der Waals surface area contributed by atoms with Gasteiger partial charge < -0.3 is 49.0 Å². The van der Waals surface area contributed by atoms with Crippen LogP contribution in [0.1, 0.15) is 58.8 Å². The van der Waals surface area contributed by atoms with Crippen LogP contribution in [0, 0.1) is 37.5 Å². The topological polar surface area (TPSA) is 182 Å². The van der Waals surface area contributed by atoms with Gasteiger partial charge in [-0.05, 0) is 87.4 Å². The van der Waals surface area contributed by atoms with Gasteiger partial charge in [-0.15, -0.1) is 0 Å². The van der Waals surface area contributed by atoms with E-state index in [9.17, 15) is 9.59 Å². The Balaban J connectivity index is 0.829. The Kier molecular flexibility index (Phi) is 12.2. The fourth-order valence-corrected chi connectivity index (χ4v) is 10.4. The lowest BCUT2D eigenvalue weighted by atomic mass is 10.1. The number of nitrogens with two attached hydrogens (primary N) is 2. The summed E-state index contributed by atoms with van der Waals surface area (Å²) in [4.78, 5) is 48.0. The highest BCUT2D eigenvalue weighted by Crippen LogP contribution is 2.36. The number of ether oxygens (including phenoxy) is 2. The Morgan fingerprint density at radius 1 is 0.714 bits per heavy atom. The van der Waals surface area contributed by atoms with E-state index < -0.39 is 0 Å². The maximum Gasteiger partial charge on any atom is 0.246 e. The van der Waals surface area contributed by atoms with Crippen LogP contribution in [0.4, 0.5) is 11.6 Å². The van der Waals surface area contributed by atoms with Gasteiger partial charge >= 0.3 is 0 Å². The first-order valence-electron chi connectivity index (χ1n) is 23.3. The fourth-order valence-electron chi connectivity index (χ4n) is 10.4. The van der Waals surface area contributed by atoms with E-state index in [0.717, 1.165) is 84.2 Å². The van der Waals surface area contributed by atoms with E-state index in [0.29, 0.717) is 57.5 Å². The van der Waals surface area contributed by atoms with Crippen LogP contribution >= 0.6 is 0 Å². The molecule has 16 nitrogen and oxygen atoms in total. The smallest absolute Gasteiger partial charge is 0.246 e. The number of benzene rings is 2. The zero-order valence-electron chi connectivity index (χ0n) is 39.7. The molecule has 2 saturated heterocycles. The Morgan fingerprint density at radius 2 is 1.27 bits per heavy atom. The highest BCUT2D eigenvalue weighted by molar-refractivity contribution is 5.96. The monoisotopic (exact) mass is 934 g/mol. The maximum absolute atomic E-state index is 13.3. The zero-order chi connectivity index (χ0) is 48.8. The molecule has 70 heavy (non-hydrogen) atoms. The van der Waals surface area contributed by atoms with E-state index in [4.69, 9.17) is 25.9 Å². The molecule has 4 N–H and O–H groups in total. The molecule has 4 atom stereocenters. The van der Waals surface area contributed by atoms with Crippen molar-refractivity contribution in [3.05, 3.63) is 133 Å². The van der Waals surface area contributed by atoms with E-state index in [-0.39, 0.29) is 36.0 Å². The number of anilines is 2. The van der Waals surface area contributed by atoms with Crippen LogP contribution < -0.4 is 11.5 Å². The van der Waals surface area contributed by atoms with Gasteiger partial charge in [0, 0.05) is 69.7 Å². The van der Waals surface area contributed by atoms with Crippen molar-refractivity contribution in [2.24, 2.45) is 7.05 Å². The van der Waals surface area contributed by atoms with Crippen LogP contribution in [0.25, 0.3) is 43.9 Å². The van der Waals surface area contributed by atoms with Gasteiger partial charge in [-0.25, -0.2) is 19.9 Å². The molecular formula is C54H54N12O4. The second-order valence-electron chi connectivity index (χ2n) is 18.0. The van der Waals surface area contributed by atoms with Gasteiger partial charge in [-0.1, -0.05) is 36.8 Å². The van der Waals surface area contributed by atoms with Gasteiger partial charge in [0.2, 0.25) is 11.8 Å². The molecule has 2 amide bonds. The lowest BCUT2D eigenvalue weighted by Gasteiger charge is -2.23. The number of imidazole rings is 2. The van der Waals surface area contributed by atoms with Crippen LogP contribution in [0.15, 0.2) is 98.6 Å². The SMILES string of the molecule is C=CC(=O)N1C[C@@H](n2cc(C#Cc3ccc4c(c3)nc(C)n4CCOC[C@H]3C[C@H](n4cc(C#Cc5ccc6nc(C)n(C)c6c5)c5c(N)nccc54)CN3C(=O)C=C)c3c(N)nccc32)C[C@@H]1COC. The lowest BCUT2D eigenvalue weighted by Crippen LogP contribution is -2.37. The summed E-state index contributed by atoms with van der Waals surface area (Å²) in [6, 6.07) is 15.6. The van der Waals surface area contributed by atoms with Gasteiger partial charge in [0.05, 0.1) is 99.0 Å². The van der Waals surface area contributed by atoms with Crippen molar-refractivity contribution in [1.29, 1.82) is 0 Å². The van der Waals surface area contributed by atoms with Crippen molar-refractivity contribution < 1.29 is 19.1 Å². The first-order chi connectivity index (χ1) is 33.9. The highest BCUT2D eigenvalue weighted by atomic mass is 16.5. The van der Waals surface area contributed by atoms with Crippen LogP contribution in [-0.2, 0) is 32.7 Å². The van der Waals surface area contributed by atoms with Crippen molar-refractivity contribution in [3.8, 4) is 23.7 Å². The molecule has 8 heterocycles. The number of rotatable bonds is 11. The Bertz CT molecular complexity index is 3540. The fraction of sp³-hybridized carbons (Fsp3) is 0.296. The van der Waals surface area contributed by atoms with Crippen molar-refractivity contribution in [2.75, 3.05) is 51.5 Å². The third-order valence-corrected chi connectivity index (χ3v) is 13.9. The van der Waals surface area contributed by atoms with Gasteiger partial charge in [0.15, 0.2) is 0 Å². The number of carbonyl (C=O) groups is 2. The van der Waals surface area contributed by atoms with E-state index in [1.165, 1.54) is 12.2 Å². The number of carbonyl (C=O) groups excluding carboxylic acids is 2. The first kappa shape index (κ1) is 45.6. The molecular weight excluding hydrogens is 881 g/mol. The number of hydrogen-bond donors (Lipinski definition) is 2. The van der Waals surface area contributed by atoms with Crippen molar-refractivity contribution in [3.63, 3.8) is 0 Å². The minimum Gasteiger partial charge on any atom is -0.383 e. The number of fused-ring (bicyclic) bond motifs is 4. The Hall–Kier alpha value is -8.18. The zero-order valence-corrected chi connectivity index (χ0v) is 39.7. The first-order valence-corrected chi connectivity index (χ1v) is 23.3. The van der Waals surface area contributed by atoms with Crippen LogP contribution in [-0.4, -0.2) is 112 Å². The molecule has 8 aromatic rings. The van der Waals surface area contributed by atoms with E-state index >= 15 is 0 Å². The molecule has 0 bridgehead atoms. The van der Waals surface area contributed by atoms with Crippen molar-refractivity contribution >= 4 is 67.3 Å². The molecule has 0 spiro atoms. The molecule has 2 fully saturated rings. The molecule has 0 radical (unpaired) electrons. The van der Waals surface area contributed by atoms with Gasteiger partial charge in [0.25, 0.3) is 0 Å². The maximum atomic E-state index is 13.3. The number of pyridine rings is 2. The predicted octanol–water partition coefficient (Wildman–Crippen LogP) is 6.22. The highest BCUT2D eigenvalue weighted by Gasteiger charge is 2.37. The summed E-state index contributed by atoms with van der Waals surface area (Å²) in [5.41, 5.74) is 21.7. The second-order valence-corrected chi connectivity index (χ2v) is 18.0. The van der Waals surface area contributed by atoms with Gasteiger partial charge in [0.1, 0.15) is 23.3 Å². The van der Waals surface area contributed by atoms with Crippen molar-refractivity contribution in [2.45, 2.75) is 57.4 Å². The third kappa shape index (κ3) is 8.31. The minimum atomic E-state index is -0.181. The summed E-state index contributed by atoms with van der Waals surface area (Å²) in [7, 11) is 3.64. The molecule has 0 saturated carbocycles. The number of nitrogens with zero attached hydrogens (tertiary/aromatic N) is 10. The van der Waals surface area contributed by atoms with E-state index in [2.05, 4.69) is 70.1 Å². The number of amides is 2. The quantitative estimate of drug-likeness (QED) is 0.0858. The summed E-state index contributed by atoms with van der Waals surface area (Å²) in [5, 5.41) is 1.57. The number of nitrogen functional groups attached to an aromatic ring is 2. The van der Waals surface area contributed by atoms with E-state index in [1.54, 1.807) is 19.5 Å². The predicted molar refractivity (Wildman–Crippen MR) is 272 cm³/mol.